The fourth-order valence-corrected chi connectivity index (χ4v) is 5.61. The first-order valence-electron chi connectivity index (χ1n) is 14.8. The average Bonchev–Trinajstić information content (AvgIpc) is 2.93. The molecule has 6 heteroatoms. The van der Waals surface area contributed by atoms with Crippen LogP contribution < -0.4 is 15.4 Å². The molecule has 1 heterocycles. The largest absolute Gasteiger partial charge is 0.493 e. The lowest BCUT2D eigenvalue weighted by Crippen LogP contribution is -2.57. The fraction of sp³-hybridized carbons (Fsp3) is 0.562. The number of ether oxygens (including phenoxy) is 1. The Balaban J connectivity index is 1.50. The molecule has 2 aromatic rings. The van der Waals surface area contributed by atoms with Crippen molar-refractivity contribution in [3.05, 3.63) is 59.7 Å². The zero-order valence-corrected chi connectivity index (χ0v) is 23.8. The summed E-state index contributed by atoms with van der Waals surface area (Å²) in [6, 6.07) is 14.7. The van der Waals surface area contributed by atoms with Crippen molar-refractivity contribution >= 4 is 17.5 Å². The highest BCUT2D eigenvalue weighted by Gasteiger charge is 2.33. The standard InChI is InChI=1S/C32H47N3O3/c1-4-7-8-9-12-25-38-30-14-11-10-13-29(30)32(37)34-27-17-15-26(16-18-27)31(36)33-28-19-23-35(21-5-2,22-6-3)24-20-28/h10-11,13-18,28H,4-9,12,19-25H2,1-3H3,(H-,33,34,36,37)/p+1. The molecule has 2 N–H and O–H groups in total. The molecule has 0 bridgehead atoms. The minimum Gasteiger partial charge on any atom is -0.493 e. The molecule has 1 saturated heterocycles. The van der Waals surface area contributed by atoms with Gasteiger partial charge in [-0.25, -0.2) is 0 Å². The number of quaternary nitrogens is 1. The van der Waals surface area contributed by atoms with Gasteiger partial charge in [0.1, 0.15) is 5.75 Å². The van der Waals surface area contributed by atoms with Crippen LogP contribution in [-0.2, 0) is 0 Å². The number of anilines is 1. The van der Waals surface area contributed by atoms with Crippen molar-refractivity contribution < 1.29 is 18.8 Å². The Hall–Kier alpha value is -2.86. The van der Waals surface area contributed by atoms with Crippen LogP contribution in [0.2, 0.25) is 0 Å². The van der Waals surface area contributed by atoms with Gasteiger partial charge in [0.2, 0.25) is 0 Å². The Morgan fingerprint density at radius 1 is 0.816 bits per heavy atom. The van der Waals surface area contributed by atoms with Gasteiger partial charge in [-0.05, 0) is 55.7 Å². The number of hydrogen-bond acceptors (Lipinski definition) is 3. The minimum atomic E-state index is -0.216. The molecule has 0 unspecified atom stereocenters. The van der Waals surface area contributed by atoms with Crippen LogP contribution in [-0.4, -0.2) is 55.1 Å². The van der Waals surface area contributed by atoms with E-state index >= 15 is 0 Å². The van der Waals surface area contributed by atoms with E-state index in [1.165, 1.54) is 49.7 Å². The minimum absolute atomic E-state index is 0.0449. The summed E-state index contributed by atoms with van der Waals surface area (Å²) in [5.74, 6) is 0.341. The van der Waals surface area contributed by atoms with Crippen LogP contribution in [0.4, 0.5) is 5.69 Å². The highest BCUT2D eigenvalue weighted by Crippen LogP contribution is 2.23. The van der Waals surface area contributed by atoms with Gasteiger partial charge in [0.15, 0.2) is 0 Å². The van der Waals surface area contributed by atoms with Crippen molar-refractivity contribution in [1.82, 2.24) is 5.32 Å². The molecule has 0 spiro atoms. The molecule has 38 heavy (non-hydrogen) atoms. The van der Waals surface area contributed by atoms with Crippen LogP contribution in [0, 0.1) is 0 Å². The number of amides is 2. The van der Waals surface area contributed by atoms with Crippen LogP contribution in [0.3, 0.4) is 0 Å². The molecule has 3 rings (SSSR count). The number of carbonyl (C=O) groups excluding carboxylic acids is 2. The van der Waals surface area contributed by atoms with E-state index in [1.807, 2.05) is 18.2 Å². The quantitative estimate of drug-likeness (QED) is 0.199. The number of para-hydroxylation sites is 1. The van der Waals surface area contributed by atoms with Crippen LogP contribution in [0.5, 0.6) is 5.75 Å². The molecule has 1 fully saturated rings. The molecule has 208 valence electrons. The van der Waals surface area contributed by atoms with Crippen LogP contribution in [0.15, 0.2) is 48.5 Å². The third-order valence-corrected chi connectivity index (χ3v) is 7.68. The van der Waals surface area contributed by atoms with Crippen LogP contribution >= 0.6 is 0 Å². The lowest BCUT2D eigenvalue weighted by molar-refractivity contribution is -0.932. The number of likely N-dealkylation sites (tertiary alicyclic amines) is 1. The molecular formula is C32H48N3O3+. The summed E-state index contributed by atoms with van der Waals surface area (Å²) in [6.45, 7) is 12.1. The summed E-state index contributed by atoms with van der Waals surface area (Å²) in [5, 5.41) is 6.18. The van der Waals surface area contributed by atoms with E-state index in [-0.39, 0.29) is 17.9 Å². The molecule has 0 aliphatic carbocycles. The van der Waals surface area contributed by atoms with Crippen molar-refractivity contribution in [2.24, 2.45) is 0 Å². The number of piperidine rings is 1. The molecule has 0 atom stereocenters. The fourth-order valence-electron chi connectivity index (χ4n) is 5.61. The molecule has 1 aliphatic rings. The van der Waals surface area contributed by atoms with Gasteiger partial charge in [0, 0.05) is 30.1 Å². The molecule has 2 amide bonds. The second kappa shape index (κ2) is 15.5. The zero-order valence-electron chi connectivity index (χ0n) is 23.8. The average molecular weight is 523 g/mol. The van der Waals surface area contributed by atoms with Gasteiger partial charge < -0.3 is 19.9 Å². The zero-order chi connectivity index (χ0) is 27.2. The monoisotopic (exact) mass is 522 g/mol. The first-order valence-corrected chi connectivity index (χ1v) is 14.8. The third-order valence-electron chi connectivity index (χ3n) is 7.68. The van der Waals surface area contributed by atoms with Crippen LogP contribution in [0.1, 0.15) is 99.3 Å². The Bertz CT molecular complexity index is 989. The van der Waals surface area contributed by atoms with Gasteiger partial charge in [-0.3, -0.25) is 9.59 Å². The third kappa shape index (κ3) is 8.87. The number of nitrogens with zero attached hydrogens (tertiary/aromatic N) is 1. The molecule has 6 nitrogen and oxygen atoms in total. The predicted octanol–water partition coefficient (Wildman–Crippen LogP) is 6.82. The van der Waals surface area contributed by atoms with Crippen LogP contribution in [0.25, 0.3) is 0 Å². The molecular weight excluding hydrogens is 474 g/mol. The number of nitrogens with one attached hydrogen (secondary N) is 2. The lowest BCUT2D eigenvalue weighted by Gasteiger charge is -2.43. The first kappa shape index (κ1) is 29.7. The van der Waals surface area contributed by atoms with Crippen molar-refractivity contribution in [2.45, 2.75) is 84.6 Å². The highest BCUT2D eigenvalue weighted by atomic mass is 16.5. The second-order valence-electron chi connectivity index (χ2n) is 10.8. The van der Waals surface area contributed by atoms with E-state index in [4.69, 9.17) is 4.74 Å². The van der Waals surface area contributed by atoms with E-state index in [9.17, 15) is 9.59 Å². The topological polar surface area (TPSA) is 67.4 Å². The van der Waals surface area contributed by atoms with Crippen molar-refractivity contribution in [3.63, 3.8) is 0 Å². The van der Waals surface area contributed by atoms with E-state index in [0.717, 1.165) is 38.8 Å². The van der Waals surface area contributed by atoms with Crippen molar-refractivity contribution in [2.75, 3.05) is 38.1 Å². The van der Waals surface area contributed by atoms with Gasteiger partial charge in [-0.15, -0.1) is 0 Å². The van der Waals surface area contributed by atoms with E-state index < -0.39 is 0 Å². The summed E-state index contributed by atoms with van der Waals surface area (Å²) in [7, 11) is 0. The number of rotatable bonds is 15. The van der Waals surface area contributed by atoms with Gasteiger partial charge in [-0.2, -0.15) is 0 Å². The highest BCUT2D eigenvalue weighted by molar-refractivity contribution is 6.06. The molecule has 2 aromatic carbocycles. The maximum absolute atomic E-state index is 13.0. The maximum atomic E-state index is 13.0. The number of carbonyl (C=O) groups is 2. The molecule has 0 saturated carbocycles. The normalized spacial score (nSPS) is 15.1. The summed E-state index contributed by atoms with van der Waals surface area (Å²) in [5.41, 5.74) is 1.78. The van der Waals surface area contributed by atoms with E-state index in [2.05, 4.69) is 31.4 Å². The number of benzene rings is 2. The SMILES string of the molecule is CCCCCCCOc1ccccc1C(=O)Nc1ccc(C(=O)NC2CC[N+](CCC)(CCC)CC2)cc1. The van der Waals surface area contributed by atoms with Gasteiger partial charge in [0.05, 0.1) is 38.3 Å². The van der Waals surface area contributed by atoms with Crippen molar-refractivity contribution in [3.8, 4) is 5.75 Å². The Morgan fingerprint density at radius 3 is 2.13 bits per heavy atom. The number of hydrogen-bond donors (Lipinski definition) is 2. The Kier molecular flexibility index (Phi) is 12.1. The van der Waals surface area contributed by atoms with E-state index in [0.29, 0.717) is 29.2 Å². The van der Waals surface area contributed by atoms with Crippen molar-refractivity contribution in [1.29, 1.82) is 0 Å². The first-order chi connectivity index (χ1) is 18.5. The molecule has 1 aliphatic heterocycles. The van der Waals surface area contributed by atoms with Gasteiger partial charge >= 0.3 is 0 Å². The Morgan fingerprint density at radius 2 is 1.47 bits per heavy atom. The van der Waals surface area contributed by atoms with Gasteiger partial charge in [-0.1, -0.05) is 58.6 Å². The predicted molar refractivity (Wildman–Crippen MR) is 156 cm³/mol. The van der Waals surface area contributed by atoms with E-state index in [1.54, 1.807) is 30.3 Å². The lowest BCUT2D eigenvalue weighted by atomic mass is 10.0. The number of unbranched alkanes of at least 4 members (excludes halogenated alkanes) is 4. The summed E-state index contributed by atoms with van der Waals surface area (Å²) < 4.78 is 7.12. The second-order valence-corrected chi connectivity index (χ2v) is 10.8. The summed E-state index contributed by atoms with van der Waals surface area (Å²) in [6.07, 6.45) is 10.3. The molecule has 0 radical (unpaired) electrons. The summed E-state index contributed by atoms with van der Waals surface area (Å²) >= 11 is 0. The summed E-state index contributed by atoms with van der Waals surface area (Å²) in [4.78, 5) is 25.9. The molecule has 0 aromatic heterocycles. The Labute approximate surface area is 229 Å². The smallest absolute Gasteiger partial charge is 0.259 e. The maximum Gasteiger partial charge on any atom is 0.259 e. The van der Waals surface area contributed by atoms with Gasteiger partial charge in [0.25, 0.3) is 11.8 Å².